The van der Waals surface area contributed by atoms with Crippen molar-refractivity contribution in [1.82, 2.24) is 15.0 Å². The van der Waals surface area contributed by atoms with E-state index in [9.17, 15) is 0 Å². The molecule has 0 radical (unpaired) electrons. The summed E-state index contributed by atoms with van der Waals surface area (Å²) < 4.78 is 1.03. The summed E-state index contributed by atoms with van der Waals surface area (Å²) in [5, 5.41) is 3.20. The second kappa shape index (κ2) is 6.71. The van der Waals surface area contributed by atoms with E-state index in [1.165, 1.54) is 0 Å². The molecule has 2 rings (SSSR count). The second-order valence-corrected chi connectivity index (χ2v) is 5.38. The van der Waals surface area contributed by atoms with Gasteiger partial charge in [-0.25, -0.2) is 0 Å². The molecule has 0 saturated heterocycles. The highest BCUT2D eigenvalue weighted by atomic mass is 79.9. The lowest BCUT2D eigenvalue weighted by Crippen LogP contribution is -2.25. The second-order valence-electron chi connectivity index (χ2n) is 4.53. The maximum atomic E-state index is 5.79. The molecule has 1 heterocycles. The third kappa shape index (κ3) is 3.60. The number of rotatable bonds is 5. The molecule has 0 aliphatic heterocycles. The van der Waals surface area contributed by atoms with Crippen molar-refractivity contribution in [2.75, 3.05) is 29.0 Å². The van der Waals surface area contributed by atoms with Gasteiger partial charge in [-0.3, -0.25) is 0 Å². The Balaban J connectivity index is 2.34. The van der Waals surface area contributed by atoms with E-state index in [-0.39, 0.29) is 5.95 Å². The lowest BCUT2D eigenvalue weighted by molar-refractivity contribution is 0.816. The first kappa shape index (κ1) is 15.5. The zero-order chi connectivity index (χ0) is 15.4. The van der Waals surface area contributed by atoms with Gasteiger partial charge in [0.2, 0.25) is 17.8 Å². The van der Waals surface area contributed by atoms with Gasteiger partial charge in [0.1, 0.15) is 0 Å². The third-order valence-corrected chi connectivity index (χ3v) is 4.06. The number of hydrogen-bond donors (Lipinski definition) is 2. The van der Waals surface area contributed by atoms with Gasteiger partial charge in [0.25, 0.3) is 0 Å². The largest absolute Gasteiger partial charge is 0.368 e. The van der Waals surface area contributed by atoms with Crippen LogP contribution in [-0.2, 0) is 0 Å². The summed E-state index contributed by atoms with van der Waals surface area (Å²) in [6.07, 6.45) is 0. The fourth-order valence-electron chi connectivity index (χ4n) is 1.95. The Kier molecular flexibility index (Phi) is 4.95. The van der Waals surface area contributed by atoms with Gasteiger partial charge >= 0.3 is 0 Å². The Morgan fingerprint density at radius 3 is 2.57 bits per heavy atom. The number of halogens is 1. The molecule has 0 fully saturated rings. The highest BCUT2D eigenvalue weighted by Gasteiger charge is 2.11. The van der Waals surface area contributed by atoms with Crippen molar-refractivity contribution in [3.05, 3.63) is 28.2 Å². The molecule has 0 spiro atoms. The van der Waals surface area contributed by atoms with Crippen molar-refractivity contribution in [2.24, 2.45) is 0 Å². The van der Waals surface area contributed by atoms with Gasteiger partial charge in [-0.15, -0.1) is 0 Å². The minimum atomic E-state index is 0.210. The van der Waals surface area contributed by atoms with Gasteiger partial charge < -0.3 is 16.0 Å². The van der Waals surface area contributed by atoms with Gasteiger partial charge in [-0.05, 0) is 38.5 Å². The van der Waals surface area contributed by atoms with E-state index >= 15 is 0 Å². The molecule has 1 aromatic carbocycles. The predicted octanol–water partition coefficient (Wildman–Crippen LogP) is 3.11. The molecule has 0 unspecified atom stereocenters. The van der Waals surface area contributed by atoms with Gasteiger partial charge in [0.05, 0.1) is 0 Å². The average Bonchev–Trinajstić information content (AvgIpc) is 2.45. The number of nitrogens with one attached hydrogen (secondary N) is 1. The van der Waals surface area contributed by atoms with Gasteiger partial charge in [-0.1, -0.05) is 22.0 Å². The molecule has 0 aliphatic rings. The number of nitrogens with two attached hydrogens (primary N) is 1. The molecule has 0 atom stereocenters. The number of anilines is 4. The molecule has 2 aromatic rings. The van der Waals surface area contributed by atoms with E-state index in [1.807, 2.05) is 30.0 Å². The fourth-order valence-corrected chi connectivity index (χ4v) is 2.31. The summed E-state index contributed by atoms with van der Waals surface area (Å²) in [6, 6.07) is 5.91. The average molecular weight is 351 g/mol. The van der Waals surface area contributed by atoms with Crippen LogP contribution in [0.25, 0.3) is 0 Å². The first-order valence-corrected chi connectivity index (χ1v) is 7.63. The summed E-state index contributed by atoms with van der Waals surface area (Å²) in [5.74, 6) is 1.25. The number of hydrogen-bond acceptors (Lipinski definition) is 6. The highest BCUT2D eigenvalue weighted by Crippen LogP contribution is 2.25. The Morgan fingerprint density at radius 1 is 1.19 bits per heavy atom. The Hall–Kier alpha value is -1.89. The van der Waals surface area contributed by atoms with E-state index in [0.717, 1.165) is 28.8 Å². The van der Waals surface area contributed by atoms with E-state index < -0.39 is 0 Å². The SMILES string of the molecule is CCN(CC)c1nc(N)nc(Nc2cccc(Br)c2C)n1. The minimum Gasteiger partial charge on any atom is -0.368 e. The van der Waals surface area contributed by atoms with Crippen molar-refractivity contribution in [1.29, 1.82) is 0 Å². The summed E-state index contributed by atoms with van der Waals surface area (Å²) in [4.78, 5) is 14.8. The zero-order valence-corrected chi connectivity index (χ0v) is 14.0. The fraction of sp³-hybridized carbons (Fsp3) is 0.357. The van der Waals surface area contributed by atoms with Gasteiger partial charge in [0.15, 0.2) is 0 Å². The van der Waals surface area contributed by atoms with Crippen molar-refractivity contribution in [3.8, 4) is 0 Å². The van der Waals surface area contributed by atoms with E-state index in [4.69, 9.17) is 5.73 Å². The quantitative estimate of drug-likeness (QED) is 0.862. The zero-order valence-electron chi connectivity index (χ0n) is 12.4. The third-order valence-electron chi connectivity index (χ3n) is 3.20. The van der Waals surface area contributed by atoms with Crippen molar-refractivity contribution < 1.29 is 0 Å². The van der Waals surface area contributed by atoms with Crippen LogP contribution in [0.1, 0.15) is 19.4 Å². The Labute approximate surface area is 132 Å². The van der Waals surface area contributed by atoms with Crippen molar-refractivity contribution in [2.45, 2.75) is 20.8 Å². The lowest BCUT2D eigenvalue weighted by Gasteiger charge is -2.19. The maximum absolute atomic E-state index is 5.79. The first-order chi connectivity index (χ1) is 10.0. The number of benzene rings is 1. The van der Waals surface area contributed by atoms with Crippen LogP contribution in [0, 0.1) is 6.92 Å². The number of nitrogens with zero attached hydrogens (tertiary/aromatic N) is 4. The van der Waals surface area contributed by atoms with Gasteiger partial charge in [-0.2, -0.15) is 15.0 Å². The molecule has 3 N–H and O–H groups in total. The smallest absolute Gasteiger partial charge is 0.233 e. The molecule has 0 bridgehead atoms. The molecule has 0 saturated carbocycles. The molecule has 21 heavy (non-hydrogen) atoms. The summed E-state index contributed by atoms with van der Waals surface area (Å²) in [7, 11) is 0. The Morgan fingerprint density at radius 2 is 1.90 bits per heavy atom. The number of nitrogen functional groups attached to an aromatic ring is 1. The summed E-state index contributed by atoms with van der Waals surface area (Å²) >= 11 is 3.51. The van der Waals surface area contributed by atoms with E-state index in [0.29, 0.717) is 11.9 Å². The van der Waals surface area contributed by atoms with Crippen molar-refractivity contribution in [3.63, 3.8) is 0 Å². The number of aromatic nitrogens is 3. The predicted molar refractivity (Wildman–Crippen MR) is 90.0 cm³/mol. The monoisotopic (exact) mass is 350 g/mol. The normalized spacial score (nSPS) is 10.5. The first-order valence-electron chi connectivity index (χ1n) is 6.83. The summed E-state index contributed by atoms with van der Waals surface area (Å²) in [6.45, 7) is 7.75. The van der Waals surface area contributed by atoms with Crippen LogP contribution >= 0.6 is 15.9 Å². The minimum absolute atomic E-state index is 0.210. The van der Waals surface area contributed by atoms with E-state index in [1.54, 1.807) is 0 Å². The highest BCUT2D eigenvalue weighted by molar-refractivity contribution is 9.10. The molecule has 6 nitrogen and oxygen atoms in total. The van der Waals surface area contributed by atoms with Crippen LogP contribution in [0.4, 0.5) is 23.5 Å². The maximum Gasteiger partial charge on any atom is 0.233 e. The van der Waals surface area contributed by atoms with Crippen LogP contribution < -0.4 is 16.0 Å². The van der Waals surface area contributed by atoms with Crippen LogP contribution in [0.3, 0.4) is 0 Å². The Bertz CT molecular complexity index is 627. The molecule has 1 aromatic heterocycles. The molecular formula is C14H19BrN6. The standard InChI is InChI=1S/C14H19BrN6/c1-4-21(5-2)14-19-12(16)18-13(20-14)17-11-8-6-7-10(15)9(11)3/h6-8H,4-5H2,1-3H3,(H3,16,17,18,19,20). The van der Waals surface area contributed by atoms with Crippen LogP contribution in [0.2, 0.25) is 0 Å². The molecule has 0 amide bonds. The summed E-state index contributed by atoms with van der Waals surface area (Å²) in [5.41, 5.74) is 7.81. The van der Waals surface area contributed by atoms with Gasteiger partial charge in [0, 0.05) is 23.2 Å². The van der Waals surface area contributed by atoms with E-state index in [2.05, 4.69) is 50.0 Å². The lowest BCUT2D eigenvalue weighted by atomic mass is 10.2. The van der Waals surface area contributed by atoms with Crippen LogP contribution in [0.5, 0.6) is 0 Å². The molecule has 0 aliphatic carbocycles. The molecule has 7 heteroatoms. The molecular weight excluding hydrogens is 332 g/mol. The topological polar surface area (TPSA) is 80.0 Å². The van der Waals surface area contributed by atoms with Crippen LogP contribution in [0.15, 0.2) is 22.7 Å². The van der Waals surface area contributed by atoms with Crippen LogP contribution in [-0.4, -0.2) is 28.0 Å². The molecule has 112 valence electrons. The van der Waals surface area contributed by atoms with Crippen molar-refractivity contribution >= 4 is 39.5 Å².